The molecule has 3 aromatic rings. The molecule has 0 fully saturated rings. The molecule has 90 valence electrons. The molecule has 0 saturated carbocycles. The third-order valence-electron chi connectivity index (χ3n) is 2.78. The zero-order valence-corrected chi connectivity index (χ0v) is 10.7. The summed E-state index contributed by atoms with van der Waals surface area (Å²) in [6, 6.07) is 6.16. The fourth-order valence-electron chi connectivity index (χ4n) is 1.81. The van der Waals surface area contributed by atoms with Gasteiger partial charge in [-0.05, 0) is 30.0 Å². The highest BCUT2D eigenvalue weighted by Crippen LogP contribution is 2.27. The van der Waals surface area contributed by atoms with Crippen LogP contribution in [0, 0.1) is 0 Å². The number of anilines is 1. The molecule has 3 heterocycles. The maximum Gasteiger partial charge on any atom is 0.147 e. The molecule has 3 rings (SSSR count). The molecule has 0 aliphatic carbocycles. The van der Waals surface area contributed by atoms with Gasteiger partial charge in [-0.1, -0.05) is 6.07 Å². The van der Waals surface area contributed by atoms with Gasteiger partial charge in [-0.2, -0.15) is 0 Å². The topological polar surface area (TPSA) is 50.7 Å². The fourth-order valence-corrected chi connectivity index (χ4v) is 2.61. The van der Waals surface area contributed by atoms with E-state index in [1.165, 1.54) is 0 Å². The number of rotatable bonds is 3. The summed E-state index contributed by atoms with van der Waals surface area (Å²) < 4.78 is 1.09. The van der Waals surface area contributed by atoms with Crippen molar-refractivity contribution in [2.45, 2.75) is 13.0 Å². The first kappa shape index (κ1) is 11.1. The summed E-state index contributed by atoms with van der Waals surface area (Å²) in [5.41, 5.74) is 2.12. The highest BCUT2D eigenvalue weighted by molar-refractivity contribution is 7.17. The summed E-state index contributed by atoms with van der Waals surface area (Å²) in [6.07, 6.45) is 5.23. The summed E-state index contributed by atoms with van der Waals surface area (Å²) in [6.45, 7) is 2.10. The van der Waals surface area contributed by atoms with Gasteiger partial charge in [-0.15, -0.1) is 11.3 Å². The number of nitrogens with zero attached hydrogens (tertiary/aromatic N) is 3. The molecule has 1 unspecified atom stereocenters. The summed E-state index contributed by atoms with van der Waals surface area (Å²) >= 11 is 1.65. The number of nitrogens with one attached hydrogen (secondary N) is 1. The van der Waals surface area contributed by atoms with E-state index < -0.39 is 0 Å². The molecule has 0 amide bonds. The van der Waals surface area contributed by atoms with Crippen molar-refractivity contribution in [2.75, 3.05) is 5.32 Å². The van der Waals surface area contributed by atoms with E-state index in [1.807, 2.05) is 23.7 Å². The Hall–Kier alpha value is -2.01. The summed E-state index contributed by atoms with van der Waals surface area (Å²) in [5, 5.41) is 5.43. The fraction of sp³-hybridized carbons (Fsp3) is 0.154. The van der Waals surface area contributed by atoms with Crippen LogP contribution in [0.2, 0.25) is 0 Å². The Balaban J connectivity index is 1.91. The summed E-state index contributed by atoms with van der Waals surface area (Å²) in [4.78, 5) is 12.7. The van der Waals surface area contributed by atoms with E-state index in [4.69, 9.17) is 0 Å². The second-order valence-electron chi connectivity index (χ2n) is 4.01. The summed E-state index contributed by atoms with van der Waals surface area (Å²) in [5.74, 6) is 0.881. The van der Waals surface area contributed by atoms with E-state index in [9.17, 15) is 0 Å². The first-order chi connectivity index (χ1) is 8.84. The smallest absolute Gasteiger partial charge is 0.147 e. The Morgan fingerprint density at radius 3 is 3.06 bits per heavy atom. The number of aromatic nitrogens is 3. The maximum absolute atomic E-state index is 4.31. The van der Waals surface area contributed by atoms with E-state index >= 15 is 0 Å². The molecule has 0 saturated heterocycles. The van der Waals surface area contributed by atoms with Crippen LogP contribution in [0.3, 0.4) is 0 Å². The van der Waals surface area contributed by atoms with Crippen LogP contribution in [-0.4, -0.2) is 15.0 Å². The first-order valence-corrected chi connectivity index (χ1v) is 6.57. The third-order valence-corrected chi connectivity index (χ3v) is 3.69. The van der Waals surface area contributed by atoms with Gasteiger partial charge in [0.15, 0.2) is 0 Å². The van der Waals surface area contributed by atoms with Crippen molar-refractivity contribution >= 4 is 27.4 Å². The number of thiophene rings is 1. The minimum atomic E-state index is 0.166. The van der Waals surface area contributed by atoms with Gasteiger partial charge in [-0.25, -0.2) is 9.97 Å². The lowest BCUT2D eigenvalue weighted by atomic mass is 10.1. The van der Waals surface area contributed by atoms with Crippen molar-refractivity contribution in [1.82, 2.24) is 15.0 Å². The minimum Gasteiger partial charge on any atom is -0.362 e. The number of hydrogen-bond donors (Lipinski definition) is 1. The van der Waals surface area contributed by atoms with Gasteiger partial charge in [0.2, 0.25) is 0 Å². The van der Waals surface area contributed by atoms with Crippen LogP contribution in [0.4, 0.5) is 5.82 Å². The quantitative estimate of drug-likeness (QED) is 0.781. The molecule has 1 N–H and O–H groups in total. The van der Waals surface area contributed by atoms with Crippen LogP contribution in [0.25, 0.3) is 10.2 Å². The van der Waals surface area contributed by atoms with Crippen molar-refractivity contribution < 1.29 is 0 Å². The van der Waals surface area contributed by atoms with Gasteiger partial charge in [0.25, 0.3) is 0 Å². The van der Waals surface area contributed by atoms with Gasteiger partial charge in [0.1, 0.15) is 12.1 Å². The van der Waals surface area contributed by atoms with Gasteiger partial charge >= 0.3 is 0 Å². The summed E-state index contributed by atoms with van der Waals surface area (Å²) in [7, 11) is 0. The van der Waals surface area contributed by atoms with Crippen LogP contribution >= 0.6 is 11.3 Å². The van der Waals surface area contributed by atoms with Gasteiger partial charge in [-0.3, -0.25) is 4.98 Å². The van der Waals surface area contributed by atoms with Gasteiger partial charge in [0, 0.05) is 12.4 Å². The standard InChI is InChI=1S/C13H12N4S/c1-9(10-3-2-5-14-7-10)17-13-12-11(4-6-18-12)15-8-16-13/h2-9H,1H3,(H,15,16,17). The van der Waals surface area contributed by atoms with Gasteiger partial charge < -0.3 is 5.32 Å². The Bertz CT molecular complexity index is 650. The van der Waals surface area contributed by atoms with E-state index in [-0.39, 0.29) is 6.04 Å². The Kier molecular flexibility index (Phi) is 2.90. The lowest BCUT2D eigenvalue weighted by molar-refractivity contribution is 0.868. The van der Waals surface area contributed by atoms with Crippen LogP contribution < -0.4 is 5.32 Å². The van der Waals surface area contributed by atoms with Crippen LogP contribution in [-0.2, 0) is 0 Å². The molecule has 4 nitrogen and oxygen atoms in total. The molecule has 0 aromatic carbocycles. The van der Waals surface area contributed by atoms with Crippen LogP contribution in [0.15, 0.2) is 42.3 Å². The molecular weight excluding hydrogens is 244 g/mol. The molecule has 0 radical (unpaired) electrons. The molecule has 5 heteroatoms. The average molecular weight is 256 g/mol. The third kappa shape index (κ3) is 2.04. The first-order valence-electron chi connectivity index (χ1n) is 5.69. The van der Waals surface area contributed by atoms with Crippen molar-refractivity contribution in [2.24, 2.45) is 0 Å². The van der Waals surface area contributed by atoms with Crippen molar-refractivity contribution in [3.8, 4) is 0 Å². The van der Waals surface area contributed by atoms with Crippen LogP contribution in [0.5, 0.6) is 0 Å². The molecule has 3 aromatic heterocycles. The Morgan fingerprint density at radius 2 is 2.22 bits per heavy atom. The predicted octanol–water partition coefficient (Wildman–Crippen LogP) is 3.26. The molecular formula is C13H12N4S. The average Bonchev–Trinajstić information content (AvgIpc) is 2.89. The zero-order chi connectivity index (χ0) is 12.4. The molecule has 0 spiro atoms. The Morgan fingerprint density at radius 1 is 1.28 bits per heavy atom. The van der Waals surface area contributed by atoms with E-state index in [2.05, 4.69) is 33.3 Å². The number of pyridine rings is 1. The van der Waals surface area contributed by atoms with Crippen molar-refractivity contribution in [3.63, 3.8) is 0 Å². The lowest BCUT2D eigenvalue weighted by Gasteiger charge is -2.14. The lowest BCUT2D eigenvalue weighted by Crippen LogP contribution is -2.08. The van der Waals surface area contributed by atoms with Crippen molar-refractivity contribution in [3.05, 3.63) is 47.9 Å². The monoisotopic (exact) mass is 256 g/mol. The molecule has 0 aliphatic heterocycles. The van der Waals surface area contributed by atoms with E-state index in [0.717, 1.165) is 21.6 Å². The Labute approximate surface area is 109 Å². The van der Waals surface area contributed by atoms with Crippen LogP contribution in [0.1, 0.15) is 18.5 Å². The maximum atomic E-state index is 4.31. The minimum absolute atomic E-state index is 0.166. The zero-order valence-electron chi connectivity index (χ0n) is 9.87. The second kappa shape index (κ2) is 4.70. The molecule has 0 bridgehead atoms. The predicted molar refractivity (Wildman–Crippen MR) is 73.7 cm³/mol. The molecule has 0 aliphatic rings. The SMILES string of the molecule is CC(Nc1ncnc2ccsc12)c1cccnc1. The molecule has 18 heavy (non-hydrogen) atoms. The highest BCUT2D eigenvalue weighted by Gasteiger charge is 2.09. The van der Waals surface area contributed by atoms with E-state index in [1.54, 1.807) is 23.9 Å². The second-order valence-corrected chi connectivity index (χ2v) is 4.93. The largest absolute Gasteiger partial charge is 0.362 e. The highest BCUT2D eigenvalue weighted by atomic mass is 32.1. The molecule has 1 atom stereocenters. The number of fused-ring (bicyclic) bond motifs is 1. The van der Waals surface area contributed by atoms with Gasteiger partial charge in [0.05, 0.1) is 16.3 Å². The normalized spacial score (nSPS) is 12.5. The van der Waals surface area contributed by atoms with Crippen molar-refractivity contribution in [1.29, 1.82) is 0 Å². The van der Waals surface area contributed by atoms with E-state index in [0.29, 0.717) is 0 Å². The number of hydrogen-bond acceptors (Lipinski definition) is 5.